The van der Waals surface area contributed by atoms with Crippen LogP contribution in [-0.2, 0) is 4.79 Å². The molecule has 3 amide bonds. The zero-order valence-electron chi connectivity index (χ0n) is 24.0. The van der Waals surface area contributed by atoms with Gasteiger partial charge in [-0.25, -0.2) is 4.79 Å². The molecule has 5 rings (SSSR count). The summed E-state index contributed by atoms with van der Waals surface area (Å²) in [5.41, 5.74) is 0.824. The van der Waals surface area contributed by atoms with E-state index in [-0.39, 0.29) is 11.9 Å². The van der Waals surface area contributed by atoms with Crippen molar-refractivity contribution in [3.05, 3.63) is 102 Å². The molecule has 1 N–H and O–H groups in total. The quantitative estimate of drug-likeness (QED) is 0.303. The number of amides is 3. The van der Waals surface area contributed by atoms with Gasteiger partial charge in [-0.05, 0) is 41.5 Å². The van der Waals surface area contributed by atoms with Crippen LogP contribution in [0, 0.1) is 16.7 Å². The maximum absolute atomic E-state index is 14.3. The number of ether oxygens (including phenoxy) is 2. The predicted molar refractivity (Wildman–Crippen MR) is 163 cm³/mol. The average molecular weight is 563 g/mol. The first-order chi connectivity index (χ1) is 20.4. The van der Waals surface area contributed by atoms with Crippen molar-refractivity contribution in [1.29, 1.82) is 5.26 Å². The number of rotatable bonds is 7. The highest BCUT2D eigenvalue weighted by molar-refractivity contribution is 5.92. The number of piperazine rings is 1. The number of methoxy groups -OCH3 is 2. The highest BCUT2D eigenvalue weighted by Gasteiger charge is 2.47. The van der Waals surface area contributed by atoms with Crippen molar-refractivity contribution in [1.82, 2.24) is 9.80 Å². The zero-order valence-corrected chi connectivity index (χ0v) is 24.0. The summed E-state index contributed by atoms with van der Waals surface area (Å²) in [5.74, 6) is 0.381. The van der Waals surface area contributed by atoms with Crippen LogP contribution in [0.4, 0.5) is 10.5 Å². The van der Waals surface area contributed by atoms with E-state index in [1.807, 2.05) is 78.9 Å². The van der Waals surface area contributed by atoms with E-state index in [1.54, 1.807) is 43.1 Å². The van der Waals surface area contributed by atoms with Gasteiger partial charge in [0.2, 0.25) is 5.91 Å². The summed E-state index contributed by atoms with van der Waals surface area (Å²) in [7, 11) is 3.17. The third kappa shape index (κ3) is 5.46. The Morgan fingerprint density at radius 2 is 1.48 bits per heavy atom. The summed E-state index contributed by atoms with van der Waals surface area (Å²) in [4.78, 5) is 30.7. The molecule has 0 aromatic heterocycles. The lowest BCUT2D eigenvalue weighted by Crippen LogP contribution is -2.55. The van der Waals surface area contributed by atoms with Gasteiger partial charge in [0.1, 0.15) is 16.9 Å². The number of nitriles is 1. The highest BCUT2D eigenvalue weighted by Crippen LogP contribution is 2.47. The number of fused-ring (bicyclic) bond motifs is 1. The summed E-state index contributed by atoms with van der Waals surface area (Å²) in [6, 6.07) is 30.9. The highest BCUT2D eigenvalue weighted by atomic mass is 16.5. The van der Waals surface area contributed by atoms with E-state index in [9.17, 15) is 14.9 Å². The van der Waals surface area contributed by atoms with E-state index < -0.39 is 11.3 Å². The molecule has 0 spiro atoms. The number of anilines is 1. The minimum atomic E-state index is -1.45. The van der Waals surface area contributed by atoms with E-state index >= 15 is 0 Å². The molecule has 4 aromatic carbocycles. The molecule has 214 valence electrons. The third-order valence-corrected chi connectivity index (χ3v) is 8.01. The standard InChI is InChI=1S/C34H34N4O4/c1-34(23-35,32(39)37-18-20-38(21-19-37)33(40)36-25-12-9-13-26(22-25)41-2)31(29-15-6-7-17-30(29)42-3)28-16-8-11-24-10-4-5-14-27(24)28/h4-17,22,31H,18-21H2,1-3H3,(H,36,40). The molecule has 42 heavy (non-hydrogen) atoms. The van der Waals surface area contributed by atoms with Gasteiger partial charge in [-0.1, -0.05) is 66.7 Å². The molecule has 1 aliphatic rings. The summed E-state index contributed by atoms with van der Waals surface area (Å²) in [6.45, 7) is 3.04. The molecule has 2 unspecified atom stereocenters. The normalized spacial score (nSPS) is 15.3. The Bertz CT molecular complexity index is 1630. The molecule has 0 aliphatic carbocycles. The molecule has 8 nitrogen and oxygen atoms in total. The fraction of sp³-hybridized carbons (Fsp3) is 0.265. The summed E-state index contributed by atoms with van der Waals surface area (Å²) in [5, 5.41) is 15.6. The SMILES string of the molecule is COc1cccc(NC(=O)N2CCN(C(=O)C(C)(C#N)C(c3ccccc3OC)c3cccc4ccccc34)CC2)c1. The molecular weight excluding hydrogens is 528 g/mol. The van der Waals surface area contributed by atoms with Crippen LogP contribution in [0.1, 0.15) is 24.0 Å². The van der Waals surface area contributed by atoms with Gasteiger partial charge in [-0.2, -0.15) is 5.26 Å². The van der Waals surface area contributed by atoms with Gasteiger partial charge in [0.05, 0.1) is 20.3 Å². The van der Waals surface area contributed by atoms with E-state index in [1.165, 1.54) is 0 Å². The second-order valence-electron chi connectivity index (χ2n) is 10.5. The second kappa shape index (κ2) is 12.2. The molecule has 1 heterocycles. The fourth-order valence-corrected chi connectivity index (χ4v) is 5.78. The van der Waals surface area contributed by atoms with Gasteiger partial charge in [0.15, 0.2) is 0 Å². The second-order valence-corrected chi connectivity index (χ2v) is 10.5. The lowest BCUT2D eigenvalue weighted by molar-refractivity contribution is -0.140. The number of urea groups is 1. The zero-order chi connectivity index (χ0) is 29.7. The van der Waals surface area contributed by atoms with Crippen molar-refractivity contribution in [3.63, 3.8) is 0 Å². The van der Waals surface area contributed by atoms with Crippen molar-refractivity contribution in [2.75, 3.05) is 45.7 Å². The first-order valence-corrected chi connectivity index (χ1v) is 13.9. The van der Waals surface area contributed by atoms with Crippen molar-refractivity contribution >= 4 is 28.4 Å². The van der Waals surface area contributed by atoms with Gasteiger partial charge in [-0.15, -0.1) is 0 Å². The molecule has 2 atom stereocenters. The van der Waals surface area contributed by atoms with Gasteiger partial charge < -0.3 is 24.6 Å². The van der Waals surface area contributed by atoms with Crippen LogP contribution >= 0.6 is 0 Å². The van der Waals surface area contributed by atoms with Crippen LogP contribution in [0.3, 0.4) is 0 Å². The van der Waals surface area contributed by atoms with Gasteiger partial charge in [0.25, 0.3) is 0 Å². The van der Waals surface area contributed by atoms with Crippen molar-refractivity contribution < 1.29 is 19.1 Å². The van der Waals surface area contributed by atoms with E-state index in [4.69, 9.17) is 9.47 Å². The number of benzene rings is 4. The van der Waals surface area contributed by atoms with Crippen LogP contribution in [0.2, 0.25) is 0 Å². The largest absolute Gasteiger partial charge is 0.497 e. The Balaban J connectivity index is 1.43. The lowest BCUT2D eigenvalue weighted by Gasteiger charge is -2.40. The van der Waals surface area contributed by atoms with Gasteiger partial charge >= 0.3 is 6.03 Å². The van der Waals surface area contributed by atoms with Crippen LogP contribution in [0.15, 0.2) is 91.0 Å². The van der Waals surface area contributed by atoms with Gasteiger partial charge in [-0.3, -0.25) is 4.79 Å². The van der Waals surface area contributed by atoms with Crippen LogP contribution in [0.5, 0.6) is 11.5 Å². The fourth-order valence-electron chi connectivity index (χ4n) is 5.78. The van der Waals surface area contributed by atoms with Crippen molar-refractivity contribution in [2.24, 2.45) is 5.41 Å². The first-order valence-electron chi connectivity index (χ1n) is 13.9. The minimum Gasteiger partial charge on any atom is -0.497 e. The predicted octanol–water partition coefficient (Wildman–Crippen LogP) is 5.90. The number of hydrogen-bond acceptors (Lipinski definition) is 5. The topological polar surface area (TPSA) is 94.9 Å². The Morgan fingerprint density at radius 1 is 0.833 bits per heavy atom. The number of carbonyl (C=O) groups is 2. The van der Waals surface area contributed by atoms with Crippen LogP contribution in [-0.4, -0.2) is 62.1 Å². The third-order valence-electron chi connectivity index (χ3n) is 8.01. The van der Waals surface area contributed by atoms with E-state index in [0.717, 1.165) is 21.9 Å². The smallest absolute Gasteiger partial charge is 0.321 e. The summed E-state index contributed by atoms with van der Waals surface area (Å²) in [6.07, 6.45) is 0. The summed E-state index contributed by atoms with van der Waals surface area (Å²) < 4.78 is 11.0. The molecule has 4 aromatic rings. The maximum Gasteiger partial charge on any atom is 0.321 e. The van der Waals surface area contributed by atoms with Crippen LogP contribution in [0.25, 0.3) is 10.8 Å². The molecule has 0 radical (unpaired) electrons. The number of hydrogen-bond donors (Lipinski definition) is 1. The Labute approximate surface area is 246 Å². The first kappa shape index (κ1) is 28.5. The monoisotopic (exact) mass is 562 g/mol. The number of carbonyl (C=O) groups excluding carboxylic acids is 2. The van der Waals surface area contributed by atoms with Gasteiger partial charge in [0, 0.05) is 49.4 Å². The minimum absolute atomic E-state index is 0.249. The Hall–Kier alpha value is -5.03. The maximum atomic E-state index is 14.3. The number of nitrogens with zero attached hydrogens (tertiary/aromatic N) is 3. The number of nitrogens with one attached hydrogen (secondary N) is 1. The van der Waals surface area contributed by atoms with E-state index in [2.05, 4.69) is 11.4 Å². The lowest BCUT2D eigenvalue weighted by atomic mass is 9.68. The molecular formula is C34H34N4O4. The average Bonchev–Trinajstić information content (AvgIpc) is 3.04. The molecule has 1 saturated heterocycles. The van der Waals surface area contributed by atoms with Crippen LogP contribution < -0.4 is 14.8 Å². The molecule has 1 aliphatic heterocycles. The van der Waals surface area contributed by atoms with E-state index in [0.29, 0.717) is 43.4 Å². The molecule has 0 saturated carbocycles. The molecule has 0 bridgehead atoms. The van der Waals surface area contributed by atoms with Crippen molar-refractivity contribution in [2.45, 2.75) is 12.8 Å². The summed E-state index contributed by atoms with van der Waals surface area (Å²) >= 11 is 0. The Kier molecular flexibility index (Phi) is 8.30. The Morgan fingerprint density at radius 3 is 2.21 bits per heavy atom. The molecule has 1 fully saturated rings. The number of para-hydroxylation sites is 1. The molecule has 8 heteroatoms. The van der Waals surface area contributed by atoms with Crippen molar-refractivity contribution in [3.8, 4) is 17.6 Å².